The molecule has 1 heterocycles. The molecule has 0 spiro atoms. The van der Waals surface area contributed by atoms with Crippen molar-refractivity contribution in [2.24, 2.45) is 17.4 Å². The second-order valence-corrected chi connectivity index (χ2v) is 3.93. The number of nitrogens with zero attached hydrogens (tertiary/aromatic N) is 1. The zero-order valence-corrected chi connectivity index (χ0v) is 8.20. The standard InChI is InChI=1S/C9H19N3O/c1-2-7-3-8(10)5-12(4-7)6-9(11)13/h7-8H,2-6,10H2,1H3,(H2,11,13). The minimum Gasteiger partial charge on any atom is -0.369 e. The molecule has 1 fully saturated rings. The summed E-state index contributed by atoms with van der Waals surface area (Å²) >= 11 is 0. The molecule has 0 saturated carbocycles. The highest BCUT2D eigenvalue weighted by Gasteiger charge is 2.24. The average molecular weight is 185 g/mol. The molecule has 0 aromatic carbocycles. The fraction of sp³-hybridized carbons (Fsp3) is 0.889. The Morgan fingerprint density at radius 1 is 1.54 bits per heavy atom. The van der Waals surface area contributed by atoms with Gasteiger partial charge >= 0.3 is 0 Å². The summed E-state index contributed by atoms with van der Waals surface area (Å²) in [4.78, 5) is 12.8. The van der Waals surface area contributed by atoms with Gasteiger partial charge in [0.05, 0.1) is 6.54 Å². The maximum Gasteiger partial charge on any atom is 0.231 e. The van der Waals surface area contributed by atoms with Crippen molar-refractivity contribution in [1.29, 1.82) is 0 Å². The Morgan fingerprint density at radius 2 is 2.23 bits per heavy atom. The van der Waals surface area contributed by atoms with E-state index >= 15 is 0 Å². The molecule has 0 radical (unpaired) electrons. The molecule has 4 N–H and O–H groups in total. The summed E-state index contributed by atoms with van der Waals surface area (Å²) in [6.07, 6.45) is 2.20. The molecular formula is C9H19N3O. The van der Waals surface area contributed by atoms with Crippen LogP contribution in [0.25, 0.3) is 0 Å². The van der Waals surface area contributed by atoms with Crippen molar-refractivity contribution in [3.05, 3.63) is 0 Å². The minimum absolute atomic E-state index is 0.207. The molecule has 1 aliphatic rings. The van der Waals surface area contributed by atoms with Gasteiger partial charge in [0.15, 0.2) is 0 Å². The molecule has 13 heavy (non-hydrogen) atoms. The number of carbonyl (C=O) groups is 1. The third-order valence-corrected chi connectivity index (χ3v) is 2.60. The van der Waals surface area contributed by atoms with E-state index in [2.05, 4.69) is 11.8 Å². The first kappa shape index (κ1) is 10.5. The number of nitrogens with two attached hydrogens (primary N) is 2. The van der Waals surface area contributed by atoms with Crippen LogP contribution in [0.4, 0.5) is 0 Å². The maximum atomic E-state index is 10.7. The van der Waals surface area contributed by atoms with Crippen molar-refractivity contribution in [1.82, 2.24) is 4.90 Å². The van der Waals surface area contributed by atoms with Gasteiger partial charge in [-0.1, -0.05) is 13.3 Å². The Labute approximate surface area is 79.3 Å². The lowest BCUT2D eigenvalue weighted by atomic mass is 9.93. The van der Waals surface area contributed by atoms with Crippen LogP contribution in [0.2, 0.25) is 0 Å². The summed E-state index contributed by atoms with van der Waals surface area (Å²) in [7, 11) is 0. The topological polar surface area (TPSA) is 72.3 Å². The van der Waals surface area contributed by atoms with E-state index < -0.39 is 0 Å². The summed E-state index contributed by atoms with van der Waals surface area (Å²) in [5, 5.41) is 0. The van der Waals surface area contributed by atoms with Crippen molar-refractivity contribution < 1.29 is 4.79 Å². The number of likely N-dealkylation sites (tertiary alicyclic amines) is 1. The van der Waals surface area contributed by atoms with Gasteiger partial charge in [-0.25, -0.2) is 0 Å². The van der Waals surface area contributed by atoms with E-state index in [4.69, 9.17) is 11.5 Å². The van der Waals surface area contributed by atoms with Gasteiger partial charge in [-0.05, 0) is 12.3 Å². The van der Waals surface area contributed by atoms with Gasteiger partial charge in [0, 0.05) is 19.1 Å². The van der Waals surface area contributed by atoms with Crippen molar-refractivity contribution in [2.45, 2.75) is 25.8 Å². The molecule has 2 unspecified atom stereocenters. The fourth-order valence-electron chi connectivity index (χ4n) is 1.99. The second kappa shape index (κ2) is 4.58. The minimum atomic E-state index is -0.260. The molecular weight excluding hydrogens is 166 g/mol. The zero-order chi connectivity index (χ0) is 9.84. The predicted molar refractivity (Wildman–Crippen MR) is 52.0 cm³/mol. The third-order valence-electron chi connectivity index (χ3n) is 2.60. The van der Waals surface area contributed by atoms with Crippen LogP contribution in [-0.2, 0) is 4.79 Å². The molecule has 0 bridgehead atoms. The Morgan fingerprint density at radius 3 is 2.77 bits per heavy atom. The van der Waals surface area contributed by atoms with Crippen molar-refractivity contribution >= 4 is 5.91 Å². The van der Waals surface area contributed by atoms with Crippen LogP contribution in [0.15, 0.2) is 0 Å². The lowest BCUT2D eigenvalue weighted by Crippen LogP contribution is -2.49. The van der Waals surface area contributed by atoms with Gasteiger partial charge < -0.3 is 11.5 Å². The number of piperidine rings is 1. The van der Waals surface area contributed by atoms with Crippen LogP contribution < -0.4 is 11.5 Å². The quantitative estimate of drug-likeness (QED) is 0.624. The highest BCUT2D eigenvalue weighted by molar-refractivity contribution is 5.75. The Kier molecular flexibility index (Phi) is 3.69. The smallest absolute Gasteiger partial charge is 0.231 e. The maximum absolute atomic E-state index is 10.7. The van der Waals surface area contributed by atoms with Crippen LogP contribution in [-0.4, -0.2) is 36.5 Å². The van der Waals surface area contributed by atoms with E-state index in [1.807, 2.05) is 0 Å². The van der Waals surface area contributed by atoms with Gasteiger partial charge in [0.1, 0.15) is 0 Å². The van der Waals surface area contributed by atoms with E-state index in [1.54, 1.807) is 0 Å². The van der Waals surface area contributed by atoms with Crippen molar-refractivity contribution in [2.75, 3.05) is 19.6 Å². The number of rotatable bonds is 3. The van der Waals surface area contributed by atoms with Gasteiger partial charge in [-0.15, -0.1) is 0 Å². The van der Waals surface area contributed by atoms with E-state index in [-0.39, 0.29) is 11.9 Å². The number of primary amides is 1. The predicted octanol–water partition coefficient (Wildman–Crippen LogP) is -0.469. The average Bonchev–Trinajstić information content (AvgIpc) is 2.01. The van der Waals surface area contributed by atoms with Gasteiger partial charge in [0.2, 0.25) is 5.91 Å². The van der Waals surface area contributed by atoms with E-state index in [0.29, 0.717) is 12.5 Å². The van der Waals surface area contributed by atoms with Crippen LogP contribution in [0.5, 0.6) is 0 Å². The normalized spacial score (nSPS) is 30.3. The van der Waals surface area contributed by atoms with Gasteiger partial charge in [-0.2, -0.15) is 0 Å². The molecule has 4 nitrogen and oxygen atoms in total. The van der Waals surface area contributed by atoms with Crippen LogP contribution in [0, 0.1) is 5.92 Å². The van der Waals surface area contributed by atoms with Crippen LogP contribution in [0.1, 0.15) is 19.8 Å². The highest BCUT2D eigenvalue weighted by atomic mass is 16.1. The van der Waals surface area contributed by atoms with Crippen molar-refractivity contribution in [3.63, 3.8) is 0 Å². The summed E-state index contributed by atoms with van der Waals surface area (Å²) in [5.74, 6) is 0.368. The SMILES string of the molecule is CCC1CC(N)CN(CC(N)=O)C1. The molecule has 0 aromatic heterocycles. The Bertz CT molecular complexity index is 184. The number of amides is 1. The second-order valence-electron chi connectivity index (χ2n) is 3.93. The molecule has 2 atom stereocenters. The number of hydrogen-bond acceptors (Lipinski definition) is 3. The molecule has 1 aliphatic heterocycles. The molecule has 4 heteroatoms. The summed E-state index contributed by atoms with van der Waals surface area (Å²) < 4.78 is 0. The summed E-state index contributed by atoms with van der Waals surface area (Å²) in [6.45, 7) is 4.28. The van der Waals surface area contributed by atoms with Gasteiger partial charge in [0.25, 0.3) is 0 Å². The first-order valence-corrected chi connectivity index (χ1v) is 4.88. The summed E-state index contributed by atoms with van der Waals surface area (Å²) in [5.41, 5.74) is 11.0. The van der Waals surface area contributed by atoms with E-state index in [1.165, 1.54) is 0 Å². The van der Waals surface area contributed by atoms with Crippen LogP contribution in [0.3, 0.4) is 0 Å². The Balaban J connectivity index is 2.42. The molecule has 1 amide bonds. The zero-order valence-electron chi connectivity index (χ0n) is 8.20. The lowest BCUT2D eigenvalue weighted by Gasteiger charge is -2.35. The van der Waals surface area contributed by atoms with E-state index in [9.17, 15) is 4.79 Å². The van der Waals surface area contributed by atoms with E-state index in [0.717, 1.165) is 25.9 Å². The first-order chi connectivity index (χ1) is 6.11. The Hall–Kier alpha value is -0.610. The van der Waals surface area contributed by atoms with Crippen LogP contribution >= 0.6 is 0 Å². The number of carbonyl (C=O) groups excluding carboxylic acids is 1. The molecule has 1 saturated heterocycles. The monoisotopic (exact) mass is 185 g/mol. The first-order valence-electron chi connectivity index (χ1n) is 4.88. The highest BCUT2D eigenvalue weighted by Crippen LogP contribution is 2.17. The largest absolute Gasteiger partial charge is 0.369 e. The van der Waals surface area contributed by atoms with Crippen molar-refractivity contribution in [3.8, 4) is 0 Å². The molecule has 0 aromatic rings. The molecule has 0 aliphatic carbocycles. The van der Waals surface area contributed by atoms with Gasteiger partial charge in [-0.3, -0.25) is 9.69 Å². The lowest BCUT2D eigenvalue weighted by molar-refractivity contribution is -0.119. The third kappa shape index (κ3) is 3.32. The molecule has 1 rings (SSSR count). The molecule has 76 valence electrons. The number of hydrogen-bond donors (Lipinski definition) is 2. The fourth-order valence-corrected chi connectivity index (χ4v) is 1.99. The summed E-state index contributed by atoms with van der Waals surface area (Å²) in [6, 6.07) is 0.207.